The van der Waals surface area contributed by atoms with E-state index in [-0.39, 0.29) is 30.9 Å². The normalized spacial score (nSPS) is 11.9. The van der Waals surface area contributed by atoms with Crippen LogP contribution in [-0.2, 0) is 9.59 Å². The van der Waals surface area contributed by atoms with Crippen molar-refractivity contribution in [3.05, 3.63) is 72.3 Å². The molecule has 0 bridgehead atoms. The van der Waals surface area contributed by atoms with Gasteiger partial charge in [-0.15, -0.1) is 0 Å². The lowest BCUT2D eigenvalue weighted by Crippen LogP contribution is -2.41. The van der Waals surface area contributed by atoms with Crippen LogP contribution in [0.15, 0.2) is 66.7 Å². The number of carbonyl (C=O) groups excluding carboxylic acids is 2. The Labute approximate surface area is 183 Å². The maximum atomic E-state index is 12.6. The Morgan fingerprint density at radius 2 is 1.61 bits per heavy atom. The number of nitrogens with zero attached hydrogens (tertiary/aromatic N) is 1. The van der Waals surface area contributed by atoms with Crippen molar-refractivity contribution in [3.8, 4) is 5.75 Å². The summed E-state index contributed by atoms with van der Waals surface area (Å²) >= 11 is 0. The van der Waals surface area contributed by atoms with Crippen LogP contribution >= 0.6 is 0 Å². The lowest BCUT2D eigenvalue weighted by atomic mass is 10.0. The van der Waals surface area contributed by atoms with Gasteiger partial charge in [-0.2, -0.15) is 0 Å². The van der Waals surface area contributed by atoms with Gasteiger partial charge in [0.05, 0.1) is 26.2 Å². The van der Waals surface area contributed by atoms with E-state index in [4.69, 9.17) is 4.74 Å². The first-order valence-corrected chi connectivity index (χ1v) is 10.4. The zero-order chi connectivity index (χ0) is 22.2. The van der Waals surface area contributed by atoms with Gasteiger partial charge in [-0.25, -0.2) is 0 Å². The third kappa shape index (κ3) is 6.30. The lowest BCUT2D eigenvalue weighted by Gasteiger charge is -2.21. The molecule has 162 valence electrons. The zero-order valence-corrected chi connectivity index (χ0v) is 18.2. The number of hydrogen-bond donors (Lipinski definition) is 2. The van der Waals surface area contributed by atoms with Crippen LogP contribution in [0.5, 0.6) is 5.75 Å². The summed E-state index contributed by atoms with van der Waals surface area (Å²) < 4.78 is 5.12. The molecule has 0 unspecified atom stereocenters. The van der Waals surface area contributed by atoms with Gasteiger partial charge in [-0.05, 0) is 60.1 Å². The molecule has 0 heterocycles. The molecule has 0 aliphatic carbocycles. The van der Waals surface area contributed by atoms with Gasteiger partial charge in [0.25, 0.3) is 0 Å². The van der Waals surface area contributed by atoms with Crippen molar-refractivity contribution in [1.29, 1.82) is 0 Å². The molecule has 0 aliphatic heterocycles. The molecule has 31 heavy (non-hydrogen) atoms. The fourth-order valence-electron chi connectivity index (χ4n) is 3.41. The minimum Gasteiger partial charge on any atom is -0.497 e. The Bertz CT molecular complexity index is 1030. The maximum Gasteiger partial charge on any atom is 0.238 e. The van der Waals surface area contributed by atoms with E-state index < -0.39 is 0 Å². The topological polar surface area (TPSA) is 70.7 Å². The van der Waals surface area contributed by atoms with E-state index in [1.807, 2.05) is 32.0 Å². The molecule has 3 rings (SSSR count). The Morgan fingerprint density at radius 1 is 0.935 bits per heavy atom. The van der Waals surface area contributed by atoms with Gasteiger partial charge in [0.2, 0.25) is 11.8 Å². The van der Waals surface area contributed by atoms with Crippen LogP contribution in [0.1, 0.15) is 25.5 Å². The largest absolute Gasteiger partial charge is 0.497 e. The molecule has 0 aromatic heterocycles. The highest BCUT2D eigenvalue weighted by Gasteiger charge is 2.16. The van der Waals surface area contributed by atoms with E-state index in [1.54, 1.807) is 36.3 Å². The summed E-state index contributed by atoms with van der Waals surface area (Å²) in [6.45, 7) is 4.79. The van der Waals surface area contributed by atoms with Crippen LogP contribution < -0.4 is 15.4 Å². The molecule has 6 nitrogen and oxygen atoms in total. The number of benzene rings is 3. The van der Waals surface area contributed by atoms with E-state index in [1.165, 1.54) is 5.39 Å². The molecule has 1 atom stereocenters. The second kappa shape index (κ2) is 10.6. The van der Waals surface area contributed by atoms with Crippen LogP contribution in [0.3, 0.4) is 0 Å². The number of fused-ring (bicyclic) bond motifs is 1. The molecule has 3 aromatic carbocycles. The summed E-state index contributed by atoms with van der Waals surface area (Å²) in [5.74, 6) is 0.451. The molecule has 0 saturated heterocycles. The number of rotatable bonds is 9. The molecule has 2 amide bonds. The number of anilines is 1. The average molecular weight is 420 g/mol. The van der Waals surface area contributed by atoms with E-state index in [9.17, 15) is 9.59 Å². The first-order valence-electron chi connectivity index (χ1n) is 10.4. The maximum absolute atomic E-state index is 12.6. The van der Waals surface area contributed by atoms with Gasteiger partial charge >= 0.3 is 0 Å². The summed E-state index contributed by atoms with van der Waals surface area (Å²) in [5.41, 5.74) is 1.74. The van der Waals surface area contributed by atoms with Gasteiger partial charge in [0.1, 0.15) is 5.75 Å². The first-order chi connectivity index (χ1) is 15.0. The van der Waals surface area contributed by atoms with Crippen molar-refractivity contribution in [2.24, 2.45) is 0 Å². The third-order valence-corrected chi connectivity index (χ3v) is 5.21. The number of carbonyl (C=O) groups is 2. The number of methoxy groups -OCH3 is 1. The highest BCUT2D eigenvalue weighted by atomic mass is 16.5. The quantitative estimate of drug-likeness (QED) is 0.550. The fourth-order valence-corrected chi connectivity index (χ4v) is 3.41. The van der Waals surface area contributed by atoms with Crippen LogP contribution in [0, 0.1) is 0 Å². The monoisotopic (exact) mass is 419 g/mol. The minimum absolute atomic E-state index is 0.111. The van der Waals surface area contributed by atoms with Crippen molar-refractivity contribution in [2.75, 3.05) is 32.1 Å². The Kier molecular flexibility index (Phi) is 7.62. The number of nitrogens with one attached hydrogen (secondary N) is 2. The molecule has 0 spiro atoms. The van der Waals surface area contributed by atoms with E-state index in [2.05, 4.69) is 34.9 Å². The van der Waals surface area contributed by atoms with E-state index in [0.717, 1.165) is 16.7 Å². The lowest BCUT2D eigenvalue weighted by molar-refractivity contribution is -0.123. The number of likely N-dealkylation sites (N-methyl/N-ethyl adjacent to an activating group) is 1. The average Bonchev–Trinajstić information content (AvgIpc) is 2.78. The van der Waals surface area contributed by atoms with Crippen LogP contribution in [-0.4, -0.2) is 43.5 Å². The summed E-state index contributed by atoms with van der Waals surface area (Å²) in [7, 11) is 1.60. The molecular weight excluding hydrogens is 390 g/mol. The molecule has 0 radical (unpaired) electrons. The van der Waals surface area contributed by atoms with Crippen LogP contribution in [0.25, 0.3) is 10.8 Å². The SMILES string of the molecule is CCN(CC(=O)Nc1ccc(OC)cc1)CC(=O)N[C@H](C)c1ccc2ccccc2c1. The van der Waals surface area contributed by atoms with Gasteiger partial charge in [-0.1, -0.05) is 43.3 Å². The fraction of sp³-hybridized carbons (Fsp3) is 0.280. The Morgan fingerprint density at radius 3 is 2.29 bits per heavy atom. The van der Waals surface area contributed by atoms with E-state index in [0.29, 0.717) is 12.2 Å². The Balaban J connectivity index is 1.52. The van der Waals surface area contributed by atoms with Crippen molar-refractivity contribution in [3.63, 3.8) is 0 Å². The molecule has 0 fully saturated rings. The van der Waals surface area contributed by atoms with Crippen LogP contribution in [0.4, 0.5) is 5.69 Å². The second-order valence-electron chi connectivity index (χ2n) is 7.48. The summed E-state index contributed by atoms with van der Waals surface area (Å²) in [4.78, 5) is 26.7. The zero-order valence-electron chi connectivity index (χ0n) is 18.2. The summed E-state index contributed by atoms with van der Waals surface area (Å²) in [5, 5.41) is 8.20. The van der Waals surface area contributed by atoms with Crippen LogP contribution in [0.2, 0.25) is 0 Å². The van der Waals surface area contributed by atoms with Gasteiger partial charge < -0.3 is 15.4 Å². The summed E-state index contributed by atoms with van der Waals surface area (Å²) in [6, 6.07) is 21.4. The molecule has 0 aliphatic rings. The highest BCUT2D eigenvalue weighted by Crippen LogP contribution is 2.20. The van der Waals surface area contributed by atoms with Gasteiger partial charge in [0, 0.05) is 5.69 Å². The smallest absolute Gasteiger partial charge is 0.238 e. The predicted octanol–water partition coefficient (Wildman–Crippen LogP) is 3.99. The highest BCUT2D eigenvalue weighted by molar-refractivity contribution is 5.92. The Hall–Kier alpha value is -3.38. The van der Waals surface area contributed by atoms with Crippen molar-refractivity contribution in [1.82, 2.24) is 10.2 Å². The molecule has 3 aromatic rings. The number of hydrogen-bond acceptors (Lipinski definition) is 4. The van der Waals surface area contributed by atoms with E-state index >= 15 is 0 Å². The molecule has 0 saturated carbocycles. The van der Waals surface area contributed by atoms with Crippen molar-refractivity contribution < 1.29 is 14.3 Å². The third-order valence-electron chi connectivity index (χ3n) is 5.21. The van der Waals surface area contributed by atoms with Gasteiger partial charge in [-0.3, -0.25) is 14.5 Å². The number of ether oxygens (including phenoxy) is 1. The molecular formula is C25H29N3O3. The van der Waals surface area contributed by atoms with Crippen molar-refractivity contribution in [2.45, 2.75) is 19.9 Å². The molecule has 6 heteroatoms. The summed E-state index contributed by atoms with van der Waals surface area (Å²) in [6.07, 6.45) is 0. The number of amides is 2. The predicted molar refractivity (Wildman–Crippen MR) is 124 cm³/mol. The van der Waals surface area contributed by atoms with Gasteiger partial charge in [0.15, 0.2) is 0 Å². The standard InChI is InChI=1S/C25H29N3O3/c1-4-28(17-25(30)27-22-11-13-23(31-3)14-12-22)16-24(29)26-18(2)20-10-9-19-7-5-6-8-21(19)15-20/h5-15,18H,4,16-17H2,1-3H3,(H,26,29)(H,27,30)/t18-/m1/s1. The first kappa shape index (κ1) is 22.3. The minimum atomic E-state index is -0.164. The second-order valence-corrected chi connectivity index (χ2v) is 7.48. The molecule has 2 N–H and O–H groups in total. The van der Waals surface area contributed by atoms with Crippen molar-refractivity contribution >= 4 is 28.3 Å².